The number of hydrogen-bond donors (Lipinski definition) is 1. The van der Waals surface area contributed by atoms with Crippen molar-refractivity contribution in [3.63, 3.8) is 0 Å². The molecule has 110 valence electrons. The fourth-order valence-electron chi connectivity index (χ4n) is 2.09. The lowest BCUT2D eigenvalue weighted by molar-refractivity contribution is -0.116. The Kier molecular flexibility index (Phi) is 4.56. The van der Waals surface area contributed by atoms with Crippen molar-refractivity contribution in [3.05, 3.63) is 65.9 Å². The molecule has 0 aliphatic rings. The van der Waals surface area contributed by atoms with Crippen molar-refractivity contribution in [1.29, 1.82) is 0 Å². The van der Waals surface area contributed by atoms with Crippen molar-refractivity contribution in [2.45, 2.75) is 12.8 Å². The average molecular weight is 309 g/mol. The van der Waals surface area contributed by atoms with Gasteiger partial charge >= 0.3 is 0 Å². The van der Waals surface area contributed by atoms with Gasteiger partial charge < -0.3 is 5.32 Å². The fourth-order valence-corrected chi connectivity index (χ4v) is 2.73. The van der Waals surface area contributed by atoms with Crippen LogP contribution in [0.15, 0.2) is 60.4 Å². The molecule has 0 saturated carbocycles. The van der Waals surface area contributed by atoms with E-state index in [1.807, 2.05) is 41.8 Å². The van der Waals surface area contributed by atoms with Crippen LogP contribution in [-0.2, 0) is 11.2 Å². The van der Waals surface area contributed by atoms with Crippen LogP contribution >= 0.6 is 11.3 Å². The number of carbonyl (C=O) groups is 1. The molecule has 1 amide bonds. The topological polar surface area (TPSA) is 54.9 Å². The Balaban J connectivity index is 1.55. The normalized spacial score (nSPS) is 10.4. The van der Waals surface area contributed by atoms with E-state index in [2.05, 4.69) is 15.3 Å². The first-order valence-corrected chi connectivity index (χ1v) is 7.88. The second-order valence-corrected chi connectivity index (χ2v) is 5.72. The summed E-state index contributed by atoms with van der Waals surface area (Å²) in [6.07, 6.45) is 6.44. The SMILES string of the molecule is O=C(CCc1cccnc1)Nc1ccc(-c2nccs2)cc1. The summed E-state index contributed by atoms with van der Waals surface area (Å²) in [4.78, 5) is 20.3. The molecule has 1 aromatic carbocycles. The lowest BCUT2D eigenvalue weighted by Gasteiger charge is -2.06. The van der Waals surface area contributed by atoms with E-state index in [0.29, 0.717) is 12.8 Å². The van der Waals surface area contributed by atoms with Crippen molar-refractivity contribution in [2.24, 2.45) is 0 Å². The number of anilines is 1. The Labute approximate surface area is 132 Å². The molecular formula is C17H15N3OS. The molecule has 0 saturated heterocycles. The number of benzene rings is 1. The van der Waals surface area contributed by atoms with Gasteiger partial charge in [-0.25, -0.2) is 4.98 Å². The Morgan fingerprint density at radius 2 is 2.00 bits per heavy atom. The summed E-state index contributed by atoms with van der Waals surface area (Å²) in [5.74, 6) is 0.00542. The number of nitrogens with zero attached hydrogens (tertiary/aromatic N) is 2. The number of carbonyl (C=O) groups excluding carboxylic acids is 1. The minimum absolute atomic E-state index is 0.00542. The molecule has 0 radical (unpaired) electrons. The molecule has 1 N–H and O–H groups in total. The van der Waals surface area contributed by atoms with E-state index in [4.69, 9.17) is 0 Å². The number of thiazole rings is 1. The predicted molar refractivity (Wildman–Crippen MR) is 88.7 cm³/mol. The van der Waals surface area contributed by atoms with Gasteiger partial charge in [0.1, 0.15) is 5.01 Å². The molecule has 0 unspecified atom stereocenters. The fraction of sp³-hybridized carbons (Fsp3) is 0.118. The van der Waals surface area contributed by atoms with Crippen molar-refractivity contribution in [2.75, 3.05) is 5.32 Å². The van der Waals surface area contributed by atoms with Gasteiger partial charge in [0, 0.05) is 41.6 Å². The molecule has 4 nitrogen and oxygen atoms in total. The summed E-state index contributed by atoms with van der Waals surface area (Å²) in [5, 5.41) is 5.84. The highest BCUT2D eigenvalue weighted by Crippen LogP contribution is 2.23. The van der Waals surface area contributed by atoms with E-state index in [9.17, 15) is 4.79 Å². The number of amides is 1. The molecule has 0 bridgehead atoms. The zero-order chi connectivity index (χ0) is 15.2. The van der Waals surface area contributed by atoms with E-state index in [1.54, 1.807) is 29.9 Å². The third kappa shape index (κ3) is 3.77. The molecule has 2 heterocycles. The number of pyridine rings is 1. The highest BCUT2D eigenvalue weighted by atomic mass is 32.1. The molecule has 0 atom stereocenters. The van der Waals surface area contributed by atoms with Gasteiger partial charge in [-0.3, -0.25) is 9.78 Å². The lowest BCUT2D eigenvalue weighted by Crippen LogP contribution is -2.12. The molecule has 22 heavy (non-hydrogen) atoms. The van der Waals surface area contributed by atoms with Gasteiger partial charge in [0.05, 0.1) is 0 Å². The van der Waals surface area contributed by atoms with Crippen molar-refractivity contribution in [1.82, 2.24) is 9.97 Å². The highest BCUT2D eigenvalue weighted by molar-refractivity contribution is 7.13. The van der Waals surface area contributed by atoms with E-state index in [1.165, 1.54) is 0 Å². The van der Waals surface area contributed by atoms with Gasteiger partial charge in [-0.05, 0) is 42.3 Å². The first-order valence-electron chi connectivity index (χ1n) is 7.00. The Bertz CT molecular complexity index is 724. The first kappa shape index (κ1) is 14.4. The summed E-state index contributed by atoms with van der Waals surface area (Å²) in [5.41, 5.74) is 2.93. The van der Waals surface area contributed by atoms with Crippen LogP contribution in [0.25, 0.3) is 10.6 Å². The maximum atomic E-state index is 12.0. The number of aromatic nitrogens is 2. The van der Waals surface area contributed by atoms with Crippen LogP contribution in [0.1, 0.15) is 12.0 Å². The van der Waals surface area contributed by atoms with Crippen LogP contribution in [-0.4, -0.2) is 15.9 Å². The van der Waals surface area contributed by atoms with Crippen LogP contribution < -0.4 is 5.32 Å². The third-order valence-corrected chi connectivity index (χ3v) is 4.03. The van der Waals surface area contributed by atoms with Gasteiger partial charge in [0.2, 0.25) is 5.91 Å². The smallest absolute Gasteiger partial charge is 0.224 e. The van der Waals surface area contributed by atoms with Gasteiger partial charge in [0.15, 0.2) is 0 Å². The number of hydrogen-bond acceptors (Lipinski definition) is 4. The second kappa shape index (κ2) is 6.95. The summed E-state index contributed by atoms with van der Waals surface area (Å²) in [6.45, 7) is 0. The highest BCUT2D eigenvalue weighted by Gasteiger charge is 2.05. The molecule has 0 aliphatic carbocycles. The van der Waals surface area contributed by atoms with Gasteiger partial charge in [-0.2, -0.15) is 0 Å². The van der Waals surface area contributed by atoms with Crippen LogP contribution in [0.5, 0.6) is 0 Å². The largest absolute Gasteiger partial charge is 0.326 e. The molecule has 0 spiro atoms. The number of nitrogens with one attached hydrogen (secondary N) is 1. The van der Waals surface area contributed by atoms with E-state index in [0.717, 1.165) is 21.8 Å². The lowest BCUT2D eigenvalue weighted by atomic mass is 10.1. The van der Waals surface area contributed by atoms with Crippen molar-refractivity contribution >= 4 is 22.9 Å². The average Bonchev–Trinajstić information content (AvgIpc) is 3.09. The maximum Gasteiger partial charge on any atom is 0.224 e. The van der Waals surface area contributed by atoms with Gasteiger partial charge in [-0.15, -0.1) is 11.3 Å². The van der Waals surface area contributed by atoms with E-state index in [-0.39, 0.29) is 5.91 Å². The molecule has 3 rings (SSSR count). The zero-order valence-corrected chi connectivity index (χ0v) is 12.7. The Morgan fingerprint density at radius 1 is 1.14 bits per heavy atom. The number of aryl methyl sites for hydroxylation is 1. The predicted octanol–water partition coefficient (Wildman–Crippen LogP) is 3.78. The van der Waals surface area contributed by atoms with Crippen LogP contribution in [0.4, 0.5) is 5.69 Å². The molecule has 2 aromatic heterocycles. The van der Waals surface area contributed by atoms with Gasteiger partial charge in [-0.1, -0.05) is 6.07 Å². The van der Waals surface area contributed by atoms with E-state index >= 15 is 0 Å². The Hall–Kier alpha value is -2.53. The summed E-state index contributed by atoms with van der Waals surface area (Å²) in [7, 11) is 0. The summed E-state index contributed by atoms with van der Waals surface area (Å²) in [6, 6.07) is 11.6. The van der Waals surface area contributed by atoms with Gasteiger partial charge in [0.25, 0.3) is 0 Å². The maximum absolute atomic E-state index is 12.0. The molecular weight excluding hydrogens is 294 g/mol. The second-order valence-electron chi connectivity index (χ2n) is 4.82. The van der Waals surface area contributed by atoms with Crippen molar-refractivity contribution < 1.29 is 4.79 Å². The third-order valence-electron chi connectivity index (χ3n) is 3.21. The van der Waals surface area contributed by atoms with Crippen LogP contribution in [0, 0.1) is 0 Å². The summed E-state index contributed by atoms with van der Waals surface area (Å²) >= 11 is 1.60. The Morgan fingerprint density at radius 3 is 2.68 bits per heavy atom. The van der Waals surface area contributed by atoms with E-state index < -0.39 is 0 Å². The standard InChI is InChI=1S/C17H15N3OS/c21-16(8-3-13-2-1-9-18-12-13)20-15-6-4-14(5-7-15)17-19-10-11-22-17/h1-2,4-7,9-12H,3,8H2,(H,20,21). The number of rotatable bonds is 5. The quantitative estimate of drug-likeness (QED) is 0.780. The monoisotopic (exact) mass is 309 g/mol. The molecule has 3 aromatic rings. The van der Waals surface area contributed by atoms with Crippen molar-refractivity contribution in [3.8, 4) is 10.6 Å². The molecule has 5 heteroatoms. The first-order chi connectivity index (χ1) is 10.8. The van der Waals surface area contributed by atoms with Crippen LogP contribution in [0.2, 0.25) is 0 Å². The zero-order valence-electron chi connectivity index (χ0n) is 11.9. The summed E-state index contributed by atoms with van der Waals surface area (Å²) < 4.78 is 0. The molecule has 0 fully saturated rings. The van der Waals surface area contributed by atoms with Crippen LogP contribution in [0.3, 0.4) is 0 Å². The molecule has 0 aliphatic heterocycles. The minimum atomic E-state index is 0.00542. The minimum Gasteiger partial charge on any atom is -0.326 e.